The summed E-state index contributed by atoms with van der Waals surface area (Å²) in [6.45, 7) is 3.78. The van der Waals surface area contributed by atoms with Crippen molar-refractivity contribution in [1.82, 2.24) is 9.97 Å². The number of carbonyl (C=O) groups is 1. The minimum Gasteiger partial charge on any atom is -0.296 e. The largest absolute Gasteiger partial charge is 0.296 e. The van der Waals surface area contributed by atoms with Gasteiger partial charge in [0, 0.05) is 0 Å². The number of nitrogens with zero attached hydrogens (tertiary/aromatic N) is 2. The number of rotatable bonds is 1. The minimum absolute atomic E-state index is 0.420. The Balaban J connectivity index is 2.79. The van der Waals surface area contributed by atoms with Crippen LogP contribution in [0, 0.1) is 13.8 Å². The third-order valence-electron chi connectivity index (χ3n) is 2.14. The van der Waals surface area contributed by atoms with Crippen LogP contribution in [0.3, 0.4) is 0 Å². The van der Waals surface area contributed by atoms with Crippen molar-refractivity contribution in [1.29, 1.82) is 0 Å². The summed E-state index contributed by atoms with van der Waals surface area (Å²) in [5, 5.41) is 0. The molecule has 0 bridgehead atoms. The van der Waals surface area contributed by atoms with Gasteiger partial charge in [-0.25, -0.2) is 9.97 Å². The molecule has 0 radical (unpaired) electrons. The van der Waals surface area contributed by atoms with Crippen LogP contribution in [-0.4, -0.2) is 16.3 Å². The van der Waals surface area contributed by atoms with E-state index in [-0.39, 0.29) is 0 Å². The zero-order valence-corrected chi connectivity index (χ0v) is 8.11. The molecule has 0 aliphatic carbocycles. The van der Waals surface area contributed by atoms with Crippen LogP contribution in [0.4, 0.5) is 0 Å². The van der Waals surface area contributed by atoms with Gasteiger partial charge in [0.2, 0.25) is 0 Å². The number of fused-ring (bicyclic) bond motifs is 1. The SMILES string of the molecule is Cc1ccc2nc(C)c(C=O)nc2c1. The number of benzene rings is 1. The van der Waals surface area contributed by atoms with Crippen molar-refractivity contribution in [3.8, 4) is 0 Å². The fourth-order valence-electron chi connectivity index (χ4n) is 1.38. The first-order chi connectivity index (χ1) is 6.70. The summed E-state index contributed by atoms with van der Waals surface area (Å²) in [4.78, 5) is 19.2. The van der Waals surface area contributed by atoms with Gasteiger partial charge in [-0.15, -0.1) is 0 Å². The number of aldehydes is 1. The van der Waals surface area contributed by atoms with Gasteiger partial charge in [-0.2, -0.15) is 0 Å². The summed E-state index contributed by atoms with van der Waals surface area (Å²) in [6.07, 6.45) is 0.740. The molecule has 0 unspecified atom stereocenters. The Hall–Kier alpha value is -1.77. The van der Waals surface area contributed by atoms with Crippen LogP contribution >= 0.6 is 0 Å². The highest BCUT2D eigenvalue weighted by Crippen LogP contribution is 2.13. The molecule has 3 nitrogen and oxygen atoms in total. The Bertz CT molecular complexity index is 506. The second-order valence-corrected chi connectivity index (χ2v) is 3.30. The monoisotopic (exact) mass is 186 g/mol. The summed E-state index contributed by atoms with van der Waals surface area (Å²) < 4.78 is 0. The van der Waals surface area contributed by atoms with Gasteiger partial charge in [0.1, 0.15) is 5.69 Å². The Morgan fingerprint density at radius 1 is 1.14 bits per heavy atom. The molecule has 1 heterocycles. The lowest BCUT2D eigenvalue weighted by Gasteiger charge is -2.01. The maximum atomic E-state index is 10.7. The predicted octanol–water partition coefficient (Wildman–Crippen LogP) is 2.06. The molecule has 0 spiro atoms. The van der Waals surface area contributed by atoms with Gasteiger partial charge in [-0.3, -0.25) is 4.79 Å². The molecule has 2 rings (SSSR count). The van der Waals surface area contributed by atoms with Gasteiger partial charge in [0.25, 0.3) is 0 Å². The number of carbonyl (C=O) groups excluding carboxylic acids is 1. The van der Waals surface area contributed by atoms with E-state index in [1.54, 1.807) is 6.92 Å². The van der Waals surface area contributed by atoms with Crippen LogP contribution in [0.15, 0.2) is 18.2 Å². The van der Waals surface area contributed by atoms with Gasteiger partial charge in [0.05, 0.1) is 16.7 Å². The first kappa shape index (κ1) is 8.81. The van der Waals surface area contributed by atoms with Gasteiger partial charge in [-0.05, 0) is 31.5 Å². The van der Waals surface area contributed by atoms with Gasteiger partial charge >= 0.3 is 0 Å². The van der Waals surface area contributed by atoms with E-state index in [9.17, 15) is 4.79 Å². The minimum atomic E-state index is 0.420. The molecule has 70 valence electrons. The molecule has 2 aromatic rings. The molecular formula is C11H10N2O. The van der Waals surface area contributed by atoms with Crippen molar-refractivity contribution in [3.63, 3.8) is 0 Å². The fraction of sp³-hybridized carbons (Fsp3) is 0.182. The molecule has 0 amide bonds. The molecule has 0 saturated heterocycles. The smallest absolute Gasteiger partial charge is 0.170 e. The van der Waals surface area contributed by atoms with E-state index in [4.69, 9.17) is 0 Å². The lowest BCUT2D eigenvalue weighted by Crippen LogP contribution is -1.96. The Kier molecular flexibility index (Phi) is 2.00. The van der Waals surface area contributed by atoms with Crippen molar-refractivity contribution < 1.29 is 4.79 Å². The lowest BCUT2D eigenvalue weighted by molar-refractivity contribution is 0.111. The van der Waals surface area contributed by atoms with Crippen molar-refractivity contribution in [2.24, 2.45) is 0 Å². The summed E-state index contributed by atoms with van der Waals surface area (Å²) >= 11 is 0. The molecule has 0 aliphatic heterocycles. The third-order valence-corrected chi connectivity index (χ3v) is 2.14. The number of hydrogen-bond acceptors (Lipinski definition) is 3. The number of aryl methyl sites for hydroxylation is 2. The van der Waals surface area contributed by atoms with Crippen LogP contribution in [0.25, 0.3) is 11.0 Å². The average Bonchev–Trinajstić information content (AvgIpc) is 2.17. The molecular weight excluding hydrogens is 176 g/mol. The van der Waals surface area contributed by atoms with E-state index in [1.165, 1.54) is 0 Å². The zero-order chi connectivity index (χ0) is 10.1. The highest BCUT2D eigenvalue weighted by Gasteiger charge is 2.03. The normalized spacial score (nSPS) is 10.4. The number of hydrogen-bond donors (Lipinski definition) is 0. The quantitative estimate of drug-likeness (QED) is 0.640. The molecule has 0 N–H and O–H groups in total. The van der Waals surface area contributed by atoms with E-state index < -0.39 is 0 Å². The maximum absolute atomic E-state index is 10.7. The van der Waals surface area contributed by atoms with E-state index >= 15 is 0 Å². The predicted molar refractivity (Wildman–Crippen MR) is 54.4 cm³/mol. The first-order valence-electron chi connectivity index (χ1n) is 4.41. The van der Waals surface area contributed by atoms with E-state index in [1.807, 2.05) is 25.1 Å². The molecule has 3 heteroatoms. The van der Waals surface area contributed by atoms with E-state index in [2.05, 4.69) is 9.97 Å². The molecule has 0 saturated carbocycles. The molecule has 0 aliphatic rings. The summed E-state index contributed by atoms with van der Waals surface area (Å²) in [6, 6.07) is 5.82. The molecule has 14 heavy (non-hydrogen) atoms. The summed E-state index contributed by atoms with van der Waals surface area (Å²) in [5.41, 5.74) is 3.82. The van der Waals surface area contributed by atoms with Crippen LogP contribution in [0.2, 0.25) is 0 Å². The second-order valence-electron chi connectivity index (χ2n) is 3.30. The van der Waals surface area contributed by atoms with Crippen molar-refractivity contribution >= 4 is 17.3 Å². The molecule has 0 fully saturated rings. The van der Waals surface area contributed by atoms with Crippen LogP contribution in [-0.2, 0) is 0 Å². The van der Waals surface area contributed by atoms with Crippen LogP contribution in [0.1, 0.15) is 21.7 Å². The summed E-state index contributed by atoms with van der Waals surface area (Å²) in [7, 11) is 0. The summed E-state index contributed by atoms with van der Waals surface area (Å²) in [5.74, 6) is 0. The second kappa shape index (κ2) is 3.18. The lowest BCUT2D eigenvalue weighted by atomic mass is 10.2. The Morgan fingerprint density at radius 3 is 2.64 bits per heavy atom. The van der Waals surface area contributed by atoms with Crippen LogP contribution < -0.4 is 0 Å². The molecule has 1 aromatic heterocycles. The van der Waals surface area contributed by atoms with Gasteiger partial charge in [0.15, 0.2) is 6.29 Å². The van der Waals surface area contributed by atoms with Gasteiger partial charge in [-0.1, -0.05) is 6.07 Å². The zero-order valence-electron chi connectivity index (χ0n) is 8.11. The molecule has 1 aromatic carbocycles. The van der Waals surface area contributed by atoms with Crippen molar-refractivity contribution in [2.45, 2.75) is 13.8 Å². The maximum Gasteiger partial charge on any atom is 0.170 e. The highest BCUT2D eigenvalue weighted by atomic mass is 16.1. The van der Waals surface area contributed by atoms with E-state index in [0.29, 0.717) is 11.4 Å². The van der Waals surface area contributed by atoms with Crippen molar-refractivity contribution in [2.75, 3.05) is 0 Å². The Morgan fingerprint density at radius 2 is 1.93 bits per heavy atom. The Labute approximate surface area is 81.8 Å². The topological polar surface area (TPSA) is 42.9 Å². The first-order valence-corrected chi connectivity index (χ1v) is 4.41. The number of aromatic nitrogens is 2. The standard InChI is InChI=1S/C11H10N2O/c1-7-3-4-9-10(5-7)13-11(6-14)8(2)12-9/h3-6H,1-2H3. The van der Waals surface area contributed by atoms with Gasteiger partial charge < -0.3 is 0 Å². The third kappa shape index (κ3) is 1.37. The van der Waals surface area contributed by atoms with E-state index in [0.717, 1.165) is 22.9 Å². The fourth-order valence-corrected chi connectivity index (χ4v) is 1.38. The average molecular weight is 186 g/mol. The highest BCUT2D eigenvalue weighted by molar-refractivity contribution is 5.81. The van der Waals surface area contributed by atoms with Crippen molar-refractivity contribution in [3.05, 3.63) is 35.2 Å². The molecule has 0 atom stereocenters. The van der Waals surface area contributed by atoms with Crippen LogP contribution in [0.5, 0.6) is 0 Å².